The van der Waals surface area contributed by atoms with Crippen molar-refractivity contribution in [1.82, 2.24) is 4.98 Å². The second kappa shape index (κ2) is 6.91. The molecular formula is C16H12N2O3. The molecule has 1 aromatic carbocycles. The Hall–Kier alpha value is -3.08. The molecule has 0 atom stereocenters. The van der Waals surface area contributed by atoms with Crippen molar-refractivity contribution in [2.24, 2.45) is 0 Å². The molecule has 0 bridgehead atoms. The van der Waals surface area contributed by atoms with Gasteiger partial charge in [0, 0.05) is 24.0 Å². The summed E-state index contributed by atoms with van der Waals surface area (Å²) in [6.45, 7) is 0. The molecule has 0 N–H and O–H groups in total. The van der Waals surface area contributed by atoms with Gasteiger partial charge in [0.25, 0.3) is 5.69 Å². The maximum absolute atomic E-state index is 11.8. The van der Waals surface area contributed by atoms with Crippen molar-refractivity contribution in [1.29, 1.82) is 0 Å². The highest BCUT2D eigenvalue weighted by molar-refractivity contribution is 6.04. The van der Waals surface area contributed by atoms with Gasteiger partial charge < -0.3 is 0 Å². The van der Waals surface area contributed by atoms with Crippen LogP contribution in [0.4, 0.5) is 5.69 Å². The second-order valence-electron chi connectivity index (χ2n) is 4.14. The van der Waals surface area contributed by atoms with Crippen LogP contribution in [0.5, 0.6) is 0 Å². The Kier molecular flexibility index (Phi) is 4.71. The monoisotopic (exact) mass is 280 g/mol. The van der Waals surface area contributed by atoms with Gasteiger partial charge in [-0.2, -0.15) is 0 Å². The Bertz CT molecular complexity index is 706. The zero-order chi connectivity index (χ0) is 15.1. The molecule has 0 spiro atoms. The van der Waals surface area contributed by atoms with Gasteiger partial charge in [-0.25, -0.2) is 0 Å². The van der Waals surface area contributed by atoms with Crippen LogP contribution in [0.3, 0.4) is 0 Å². The molecule has 1 heterocycles. The first-order valence-corrected chi connectivity index (χ1v) is 6.21. The van der Waals surface area contributed by atoms with Gasteiger partial charge >= 0.3 is 0 Å². The number of ketones is 1. The largest absolute Gasteiger partial charge is 0.289 e. The lowest BCUT2D eigenvalue weighted by molar-refractivity contribution is -0.385. The number of allylic oxidation sites excluding steroid dienone is 3. The van der Waals surface area contributed by atoms with Crippen LogP contribution >= 0.6 is 0 Å². The first-order chi connectivity index (χ1) is 10.2. The Morgan fingerprint density at radius 2 is 1.95 bits per heavy atom. The normalized spacial score (nSPS) is 11.0. The molecule has 5 nitrogen and oxygen atoms in total. The minimum atomic E-state index is -0.440. The third-order valence-electron chi connectivity index (χ3n) is 2.71. The zero-order valence-corrected chi connectivity index (χ0v) is 11.0. The second-order valence-corrected chi connectivity index (χ2v) is 4.14. The average molecular weight is 280 g/mol. The van der Waals surface area contributed by atoms with Crippen LogP contribution < -0.4 is 0 Å². The topological polar surface area (TPSA) is 73.1 Å². The van der Waals surface area contributed by atoms with Gasteiger partial charge in [-0.15, -0.1) is 0 Å². The number of benzene rings is 1. The smallest absolute Gasteiger partial charge is 0.276 e. The third-order valence-corrected chi connectivity index (χ3v) is 2.71. The van der Waals surface area contributed by atoms with Crippen molar-refractivity contribution in [3.8, 4) is 0 Å². The molecule has 1 aromatic heterocycles. The molecule has 0 unspecified atom stereocenters. The Morgan fingerprint density at radius 1 is 1.14 bits per heavy atom. The number of hydrogen-bond acceptors (Lipinski definition) is 4. The van der Waals surface area contributed by atoms with E-state index < -0.39 is 4.92 Å². The fourth-order valence-electron chi connectivity index (χ4n) is 1.70. The summed E-state index contributed by atoms with van der Waals surface area (Å²) in [6, 6.07) is 9.76. The van der Waals surface area contributed by atoms with Crippen LogP contribution in [0.15, 0.2) is 67.0 Å². The molecule has 0 amide bonds. The summed E-state index contributed by atoms with van der Waals surface area (Å²) in [5.41, 5.74) is 1.01. The number of aromatic nitrogens is 1. The summed E-state index contributed by atoms with van der Waals surface area (Å²) in [7, 11) is 0. The minimum Gasteiger partial charge on any atom is -0.289 e. The number of para-hydroxylation sites is 1. The summed E-state index contributed by atoms with van der Waals surface area (Å²) >= 11 is 0. The van der Waals surface area contributed by atoms with Crippen molar-refractivity contribution in [2.75, 3.05) is 0 Å². The lowest BCUT2D eigenvalue weighted by atomic mass is 10.1. The highest BCUT2D eigenvalue weighted by Gasteiger charge is 2.08. The predicted molar refractivity (Wildman–Crippen MR) is 79.8 cm³/mol. The molecule has 0 radical (unpaired) electrons. The van der Waals surface area contributed by atoms with Gasteiger partial charge in [-0.05, 0) is 30.4 Å². The Labute approximate surface area is 121 Å². The quantitative estimate of drug-likeness (QED) is 0.276. The number of carbonyl (C=O) groups is 1. The van der Waals surface area contributed by atoms with Crippen molar-refractivity contribution < 1.29 is 9.72 Å². The van der Waals surface area contributed by atoms with E-state index in [1.54, 1.807) is 54.8 Å². The van der Waals surface area contributed by atoms with E-state index in [4.69, 9.17) is 0 Å². The number of pyridine rings is 1. The fraction of sp³-hybridized carbons (Fsp3) is 0. The highest BCUT2D eigenvalue weighted by Crippen LogP contribution is 2.18. The lowest BCUT2D eigenvalue weighted by Crippen LogP contribution is -1.93. The molecule has 0 saturated heterocycles. The molecule has 104 valence electrons. The number of nitrogens with zero attached hydrogens (tertiary/aromatic N) is 2. The summed E-state index contributed by atoms with van der Waals surface area (Å²) in [6.07, 6.45) is 9.20. The molecule has 0 aliphatic carbocycles. The zero-order valence-electron chi connectivity index (χ0n) is 11.0. The maximum atomic E-state index is 11.8. The fourth-order valence-corrected chi connectivity index (χ4v) is 1.70. The maximum Gasteiger partial charge on any atom is 0.276 e. The Balaban J connectivity index is 2.08. The van der Waals surface area contributed by atoms with Gasteiger partial charge in [0.1, 0.15) is 0 Å². The standard InChI is InChI=1S/C16H12N2O3/c19-16(14-8-5-11-17-12-14)10-4-2-7-13-6-1-3-9-15(13)18(20)21/h1-12H/b7-2+,10-4+. The molecule has 2 rings (SSSR count). The number of carbonyl (C=O) groups excluding carboxylic acids is 1. The van der Waals surface area contributed by atoms with E-state index in [0.29, 0.717) is 11.1 Å². The molecule has 2 aromatic rings. The molecule has 0 aliphatic rings. The predicted octanol–water partition coefficient (Wildman–Crippen LogP) is 3.44. The van der Waals surface area contributed by atoms with E-state index in [2.05, 4.69) is 4.98 Å². The van der Waals surface area contributed by atoms with Crippen molar-refractivity contribution in [2.45, 2.75) is 0 Å². The SMILES string of the molecule is O=C(/C=C/C=C/c1ccccc1[N+](=O)[O-])c1cccnc1. The van der Waals surface area contributed by atoms with Gasteiger partial charge in [0.05, 0.1) is 10.5 Å². The van der Waals surface area contributed by atoms with Crippen LogP contribution in [-0.4, -0.2) is 15.7 Å². The molecule has 21 heavy (non-hydrogen) atoms. The van der Waals surface area contributed by atoms with Crippen LogP contribution in [0.25, 0.3) is 6.08 Å². The van der Waals surface area contributed by atoms with E-state index in [0.717, 1.165) is 0 Å². The molecule has 0 fully saturated rings. The third kappa shape index (κ3) is 3.94. The minimum absolute atomic E-state index is 0.0285. The van der Waals surface area contributed by atoms with Gasteiger partial charge in [-0.1, -0.05) is 24.3 Å². The van der Waals surface area contributed by atoms with Gasteiger partial charge in [-0.3, -0.25) is 19.9 Å². The van der Waals surface area contributed by atoms with Crippen molar-refractivity contribution in [3.63, 3.8) is 0 Å². The number of nitro benzene ring substituents is 1. The van der Waals surface area contributed by atoms with E-state index in [9.17, 15) is 14.9 Å². The number of hydrogen-bond donors (Lipinski definition) is 0. The number of rotatable bonds is 5. The molecule has 5 heteroatoms. The lowest BCUT2D eigenvalue weighted by Gasteiger charge is -1.95. The summed E-state index contributed by atoms with van der Waals surface area (Å²) in [5, 5.41) is 10.8. The first kappa shape index (κ1) is 14.3. The van der Waals surface area contributed by atoms with Gasteiger partial charge in [0.2, 0.25) is 0 Å². The molecule has 0 saturated carbocycles. The first-order valence-electron chi connectivity index (χ1n) is 6.21. The average Bonchev–Trinajstić information content (AvgIpc) is 2.52. The van der Waals surface area contributed by atoms with E-state index in [1.807, 2.05) is 0 Å². The molecule has 0 aliphatic heterocycles. The Morgan fingerprint density at radius 3 is 2.67 bits per heavy atom. The molecular weight excluding hydrogens is 268 g/mol. The number of nitro groups is 1. The van der Waals surface area contributed by atoms with Crippen LogP contribution in [0.1, 0.15) is 15.9 Å². The van der Waals surface area contributed by atoms with Crippen molar-refractivity contribution >= 4 is 17.5 Å². The summed E-state index contributed by atoms with van der Waals surface area (Å²) in [4.78, 5) is 26.0. The summed E-state index contributed by atoms with van der Waals surface area (Å²) < 4.78 is 0. The van der Waals surface area contributed by atoms with E-state index in [1.165, 1.54) is 18.3 Å². The van der Waals surface area contributed by atoms with Crippen LogP contribution in [0, 0.1) is 10.1 Å². The van der Waals surface area contributed by atoms with Gasteiger partial charge in [0.15, 0.2) is 5.78 Å². The van der Waals surface area contributed by atoms with E-state index >= 15 is 0 Å². The van der Waals surface area contributed by atoms with Crippen LogP contribution in [-0.2, 0) is 0 Å². The highest BCUT2D eigenvalue weighted by atomic mass is 16.6. The summed E-state index contributed by atoms with van der Waals surface area (Å²) in [5.74, 6) is -0.171. The van der Waals surface area contributed by atoms with E-state index in [-0.39, 0.29) is 11.5 Å². The van der Waals surface area contributed by atoms with Crippen LogP contribution in [0.2, 0.25) is 0 Å². The van der Waals surface area contributed by atoms with Crippen molar-refractivity contribution in [3.05, 3.63) is 88.3 Å².